The second-order valence-corrected chi connectivity index (χ2v) is 10.0. The molecule has 0 N–H and O–H groups in total. The number of hydrogen-bond acceptors (Lipinski definition) is 4. The number of ether oxygens (including phenoxy) is 1. The summed E-state index contributed by atoms with van der Waals surface area (Å²) in [6.45, 7) is 3.76. The van der Waals surface area contributed by atoms with Gasteiger partial charge in [-0.3, -0.25) is 4.40 Å². The Morgan fingerprint density at radius 1 is 0.970 bits per heavy atom. The van der Waals surface area contributed by atoms with Crippen LogP contribution in [0.2, 0.25) is 0 Å². The summed E-state index contributed by atoms with van der Waals surface area (Å²) in [5.41, 5.74) is 0.895. The van der Waals surface area contributed by atoms with Gasteiger partial charge >= 0.3 is 6.18 Å². The normalized spacial score (nSPS) is 12.5. The Balaban J connectivity index is 1.74. The van der Waals surface area contributed by atoms with E-state index in [1.807, 2.05) is 13.8 Å². The van der Waals surface area contributed by atoms with Crippen molar-refractivity contribution in [1.82, 2.24) is 9.38 Å². The number of nitrogens with zero attached hydrogens (tertiary/aromatic N) is 2. The van der Waals surface area contributed by atoms with Gasteiger partial charge in [0.25, 0.3) is 0 Å². The molecule has 0 aliphatic rings. The molecule has 172 valence electrons. The van der Waals surface area contributed by atoms with E-state index < -0.39 is 21.6 Å². The first-order valence-corrected chi connectivity index (χ1v) is 12.0. The van der Waals surface area contributed by atoms with Crippen molar-refractivity contribution in [2.45, 2.75) is 30.8 Å². The SMILES string of the molecule is CC(C)c1nc2c(C(F)(F)F)cccn2c1-c1ccc(Oc2cccc(S(C)(=O)=O)c2)cc1. The van der Waals surface area contributed by atoms with Gasteiger partial charge in [0.15, 0.2) is 9.84 Å². The minimum atomic E-state index is -4.52. The third-order valence-corrected chi connectivity index (χ3v) is 6.24. The Bertz CT molecular complexity index is 1420. The molecule has 0 aliphatic carbocycles. The molecule has 0 aliphatic heterocycles. The Labute approximate surface area is 189 Å². The first-order chi connectivity index (χ1) is 15.4. The minimum absolute atomic E-state index is 0.101. The van der Waals surface area contributed by atoms with Crippen LogP contribution in [-0.2, 0) is 16.0 Å². The lowest BCUT2D eigenvalue weighted by Crippen LogP contribution is -2.07. The average molecular weight is 475 g/mol. The molecular weight excluding hydrogens is 453 g/mol. The second kappa shape index (κ2) is 8.22. The number of sulfone groups is 1. The van der Waals surface area contributed by atoms with Crippen molar-refractivity contribution in [2.75, 3.05) is 6.26 Å². The molecule has 2 aromatic heterocycles. The van der Waals surface area contributed by atoms with E-state index in [1.165, 1.54) is 22.6 Å². The van der Waals surface area contributed by atoms with Gasteiger partial charge in [0.1, 0.15) is 17.1 Å². The summed E-state index contributed by atoms with van der Waals surface area (Å²) in [5.74, 6) is 0.717. The number of benzene rings is 2. The molecule has 0 atom stereocenters. The maximum Gasteiger partial charge on any atom is 0.419 e. The summed E-state index contributed by atoms with van der Waals surface area (Å²) in [7, 11) is -3.37. The number of fused-ring (bicyclic) bond motifs is 1. The summed E-state index contributed by atoms with van der Waals surface area (Å²) >= 11 is 0. The standard InChI is InChI=1S/C24H21F3N2O3S/c1-15(2)21-22(29-13-5-8-20(23(29)28-21)24(25,26)27)16-9-11-17(12-10-16)32-18-6-4-7-19(14-18)33(3,30)31/h4-15H,1-3H3. The molecule has 0 amide bonds. The number of hydrogen-bond donors (Lipinski definition) is 0. The predicted octanol–water partition coefficient (Wildman–Crippen LogP) is 6.34. The number of imidazole rings is 1. The van der Waals surface area contributed by atoms with Crippen LogP contribution >= 0.6 is 0 Å². The van der Waals surface area contributed by atoms with Gasteiger partial charge in [-0.05, 0) is 60.5 Å². The maximum atomic E-state index is 13.5. The number of pyridine rings is 1. The van der Waals surface area contributed by atoms with E-state index in [4.69, 9.17) is 4.74 Å². The zero-order valence-corrected chi connectivity index (χ0v) is 18.9. The zero-order chi connectivity index (χ0) is 24.0. The predicted molar refractivity (Wildman–Crippen MR) is 119 cm³/mol. The lowest BCUT2D eigenvalue weighted by molar-refractivity contribution is -0.136. The first kappa shape index (κ1) is 22.8. The maximum absolute atomic E-state index is 13.5. The molecule has 0 fully saturated rings. The van der Waals surface area contributed by atoms with E-state index in [-0.39, 0.29) is 16.5 Å². The van der Waals surface area contributed by atoms with Gasteiger partial charge < -0.3 is 4.74 Å². The van der Waals surface area contributed by atoms with Crippen molar-refractivity contribution in [1.29, 1.82) is 0 Å². The molecule has 0 saturated carbocycles. The highest BCUT2D eigenvalue weighted by Crippen LogP contribution is 2.37. The molecule has 0 radical (unpaired) electrons. The van der Waals surface area contributed by atoms with Crippen LogP contribution in [0, 0.1) is 0 Å². The van der Waals surface area contributed by atoms with Crippen LogP contribution in [0.15, 0.2) is 71.8 Å². The highest BCUT2D eigenvalue weighted by Gasteiger charge is 2.35. The molecule has 9 heteroatoms. The van der Waals surface area contributed by atoms with Crippen LogP contribution in [0.4, 0.5) is 13.2 Å². The van der Waals surface area contributed by atoms with Crippen molar-refractivity contribution in [3.63, 3.8) is 0 Å². The molecule has 4 rings (SSSR count). The second-order valence-electron chi connectivity index (χ2n) is 7.99. The van der Waals surface area contributed by atoms with Crippen LogP contribution in [-0.4, -0.2) is 24.1 Å². The van der Waals surface area contributed by atoms with Crippen molar-refractivity contribution in [2.24, 2.45) is 0 Å². The topological polar surface area (TPSA) is 60.7 Å². The van der Waals surface area contributed by atoms with E-state index in [9.17, 15) is 21.6 Å². The molecule has 5 nitrogen and oxygen atoms in total. The Morgan fingerprint density at radius 2 is 1.67 bits per heavy atom. The fraction of sp³-hybridized carbons (Fsp3) is 0.208. The molecule has 33 heavy (non-hydrogen) atoms. The molecule has 0 spiro atoms. The Kier molecular flexibility index (Phi) is 5.69. The highest BCUT2D eigenvalue weighted by molar-refractivity contribution is 7.90. The smallest absolute Gasteiger partial charge is 0.419 e. The number of aromatic nitrogens is 2. The van der Waals surface area contributed by atoms with Crippen LogP contribution in [0.5, 0.6) is 11.5 Å². The molecule has 4 aromatic rings. The summed E-state index contributed by atoms with van der Waals surface area (Å²) in [6.07, 6.45) is -1.83. The van der Waals surface area contributed by atoms with Crippen LogP contribution < -0.4 is 4.74 Å². The van der Waals surface area contributed by atoms with Gasteiger partial charge in [-0.25, -0.2) is 13.4 Å². The molecular formula is C24H21F3N2O3S. The quantitative estimate of drug-likeness (QED) is 0.339. The molecule has 0 unspecified atom stereocenters. The molecule has 0 bridgehead atoms. The third kappa shape index (κ3) is 4.59. The van der Waals surface area contributed by atoms with Crippen molar-refractivity contribution < 1.29 is 26.3 Å². The van der Waals surface area contributed by atoms with Crippen LogP contribution in [0.3, 0.4) is 0 Å². The van der Waals surface area contributed by atoms with Gasteiger partial charge in [-0.2, -0.15) is 13.2 Å². The molecule has 0 saturated heterocycles. The third-order valence-electron chi connectivity index (χ3n) is 5.13. The average Bonchev–Trinajstić information content (AvgIpc) is 3.13. The van der Waals surface area contributed by atoms with E-state index in [2.05, 4.69) is 4.98 Å². The van der Waals surface area contributed by atoms with Gasteiger partial charge in [-0.15, -0.1) is 0 Å². The summed E-state index contributed by atoms with van der Waals surface area (Å²) in [6, 6.07) is 15.4. The van der Waals surface area contributed by atoms with Crippen LogP contribution in [0.1, 0.15) is 31.0 Å². The first-order valence-electron chi connectivity index (χ1n) is 10.1. The Morgan fingerprint density at radius 3 is 2.27 bits per heavy atom. The van der Waals surface area contributed by atoms with E-state index >= 15 is 0 Å². The number of rotatable bonds is 5. The zero-order valence-electron chi connectivity index (χ0n) is 18.1. The number of halogens is 3. The Hall–Kier alpha value is -3.33. The fourth-order valence-corrected chi connectivity index (χ4v) is 4.24. The number of alkyl halides is 3. The minimum Gasteiger partial charge on any atom is -0.457 e. The van der Waals surface area contributed by atoms with Crippen molar-refractivity contribution >= 4 is 15.5 Å². The van der Waals surface area contributed by atoms with E-state index in [1.54, 1.807) is 42.6 Å². The van der Waals surface area contributed by atoms with Crippen molar-refractivity contribution in [3.05, 3.63) is 78.1 Å². The fourth-order valence-electron chi connectivity index (χ4n) is 3.58. The monoisotopic (exact) mass is 474 g/mol. The van der Waals surface area contributed by atoms with Crippen LogP contribution in [0.25, 0.3) is 16.9 Å². The van der Waals surface area contributed by atoms with Gasteiger partial charge in [0.2, 0.25) is 0 Å². The van der Waals surface area contributed by atoms with E-state index in [0.29, 0.717) is 28.5 Å². The molecule has 2 heterocycles. The van der Waals surface area contributed by atoms with Gasteiger partial charge in [-0.1, -0.05) is 19.9 Å². The summed E-state index contributed by atoms with van der Waals surface area (Å²) in [4.78, 5) is 4.48. The lowest BCUT2D eigenvalue weighted by Gasteiger charge is -2.11. The summed E-state index contributed by atoms with van der Waals surface area (Å²) in [5, 5.41) is 0. The van der Waals surface area contributed by atoms with Gasteiger partial charge in [0.05, 0.1) is 21.8 Å². The van der Waals surface area contributed by atoms with E-state index in [0.717, 1.165) is 12.3 Å². The lowest BCUT2D eigenvalue weighted by atomic mass is 10.0. The van der Waals surface area contributed by atoms with Crippen molar-refractivity contribution in [3.8, 4) is 22.8 Å². The molecule has 2 aromatic carbocycles. The van der Waals surface area contributed by atoms with Gasteiger partial charge in [0, 0.05) is 18.0 Å². The summed E-state index contributed by atoms with van der Waals surface area (Å²) < 4.78 is 71.3. The highest BCUT2D eigenvalue weighted by atomic mass is 32.2. The largest absolute Gasteiger partial charge is 0.457 e.